The van der Waals surface area contributed by atoms with Gasteiger partial charge in [-0.2, -0.15) is 0 Å². The number of hydrogen-bond acceptors (Lipinski definition) is 4. The highest BCUT2D eigenvalue weighted by molar-refractivity contribution is 7.92. The van der Waals surface area contributed by atoms with Gasteiger partial charge in [0.1, 0.15) is 5.75 Å². The van der Waals surface area contributed by atoms with Crippen molar-refractivity contribution in [3.63, 3.8) is 0 Å². The van der Waals surface area contributed by atoms with E-state index in [1.807, 2.05) is 56.3 Å². The van der Waals surface area contributed by atoms with Crippen molar-refractivity contribution in [3.05, 3.63) is 89.0 Å². The number of fused-ring (bicyclic) bond motifs is 1. The number of hydrogen-bond donors (Lipinski definition) is 0. The number of carbonyl (C=O) groups excluding carboxylic acids is 1. The fraction of sp³-hybridized carbons (Fsp3) is 0.208. The van der Waals surface area contributed by atoms with Gasteiger partial charge < -0.3 is 4.74 Å². The highest BCUT2D eigenvalue weighted by Gasteiger charge is 2.29. The number of esters is 1. The molecule has 0 amide bonds. The van der Waals surface area contributed by atoms with Gasteiger partial charge in [0.25, 0.3) is 10.0 Å². The van der Waals surface area contributed by atoms with Gasteiger partial charge in [-0.15, -0.1) is 0 Å². The summed E-state index contributed by atoms with van der Waals surface area (Å²) in [7, 11) is -3.71. The Morgan fingerprint density at radius 2 is 1.57 bits per heavy atom. The second-order valence-corrected chi connectivity index (χ2v) is 9.31. The molecule has 0 saturated carbocycles. The summed E-state index contributed by atoms with van der Waals surface area (Å²) in [5.74, 6) is 0.0174. The van der Waals surface area contributed by atoms with Crippen molar-refractivity contribution in [2.45, 2.75) is 31.6 Å². The van der Waals surface area contributed by atoms with Crippen molar-refractivity contribution in [1.82, 2.24) is 0 Å². The van der Waals surface area contributed by atoms with Gasteiger partial charge in [0, 0.05) is 6.54 Å². The van der Waals surface area contributed by atoms with E-state index in [9.17, 15) is 13.2 Å². The maximum absolute atomic E-state index is 13.2. The second kappa shape index (κ2) is 7.95. The van der Waals surface area contributed by atoms with Gasteiger partial charge >= 0.3 is 5.97 Å². The van der Waals surface area contributed by atoms with E-state index in [0.29, 0.717) is 17.9 Å². The van der Waals surface area contributed by atoms with Crippen molar-refractivity contribution in [1.29, 1.82) is 0 Å². The average molecular weight is 422 g/mol. The quantitative estimate of drug-likeness (QED) is 0.454. The number of ether oxygens (including phenoxy) is 1. The number of aryl methyl sites for hydroxylation is 3. The number of anilines is 1. The van der Waals surface area contributed by atoms with Crippen LogP contribution in [0.15, 0.2) is 71.6 Å². The Hall–Kier alpha value is -3.12. The molecule has 0 spiro atoms. The van der Waals surface area contributed by atoms with Crippen LogP contribution in [0.3, 0.4) is 0 Å². The molecule has 0 fully saturated rings. The van der Waals surface area contributed by atoms with Crippen molar-refractivity contribution >= 4 is 21.7 Å². The van der Waals surface area contributed by atoms with E-state index in [-0.39, 0.29) is 4.90 Å². The zero-order valence-electron chi connectivity index (χ0n) is 17.0. The highest BCUT2D eigenvalue weighted by atomic mass is 32.2. The van der Waals surface area contributed by atoms with E-state index in [0.717, 1.165) is 35.2 Å². The van der Waals surface area contributed by atoms with Crippen LogP contribution in [0.4, 0.5) is 5.69 Å². The standard InChI is InChI=1S/C24H23NO4S/c1-17-7-5-8-18(2)23(17)29-24(26)20-12-14-21(15-13-20)30(27,28)25-16-6-10-19-9-3-4-11-22(19)25/h3-5,7-9,11-15H,6,10,16H2,1-2H3. The second-order valence-electron chi connectivity index (χ2n) is 7.44. The summed E-state index contributed by atoms with van der Waals surface area (Å²) >= 11 is 0. The van der Waals surface area contributed by atoms with Crippen molar-refractivity contribution in [2.75, 3.05) is 10.8 Å². The lowest BCUT2D eigenvalue weighted by Gasteiger charge is -2.30. The molecule has 0 bridgehead atoms. The predicted octanol–water partition coefficient (Wildman–Crippen LogP) is 4.66. The van der Waals surface area contributed by atoms with Gasteiger partial charge in [-0.1, -0.05) is 36.4 Å². The van der Waals surface area contributed by atoms with Crippen LogP contribution in [0.2, 0.25) is 0 Å². The largest absolute Gasteiger partial charge is 0.422 e. The van der Waals surface area contributed by atoms with Crippen LogP contribution in [0.25, 0.3) is 0 Å². The number of para-hydroxylation sites is 2. The Bertz CT molecular complexity index is 1180. The lowest BCUT2D eigenvalue weighted by Crippen LogP contribution is -2.35. The van der Waals surface area contributed by atoms with Crippen LogP contribution in [-0.2, 0) is 16.4 Å². The molecule has 0 atom stereocenters. The molecule has 4 rings (SSSR count). The van der Waals surface area contributed by atoms with Gasteiger partial charge in [0.15, 0.2) is 0 Å². The maximum Gasteiger partial charge on any atom is 0.343 e. The SMILES string of the molecule is Cc1cccc(C)c1OC(=O)c1ccc(S(=O)(=O)N2CCCc3ccccc32)cc1. The minimum Gasteiger partial charge on any atom is -0.422 e. The fourth-order valence-electron chi connectivity index (χ4n) is 3.75. The van der Waals surface area contributed by atoms with E-state index < -0.39 is 16.0 Å². The van der Waals surface area contributed by atoms with Gasteiger partial charge in [0.2, 0.25) is 0 Å². The summed E-state index contributed by atoms with van der Waals surface area (Å²) in [6.07, 6.45) is 1.64. The van der Waals surface area contributed by atoms with Gasteiger partial charge in [0.05, 0.1) is 16.1 Å². The zero-order valence-corrected chi connectivity index (χ0v) is 17.8. The summed E-state index contributed by atoms with van der Waals surface area (Å²) in [4.78, 5) is 12.7. The van der Waals surface area contributed by atoms with Crippen LogP contribution >= 0.6 is 0 Å². The molecule has 5 nitrogen and oxygen atoms in total. The Kier molecular flexibility index (Phi) is 5.35. The molecule has 0 aromatic heterocycles. The molecule has 6 heteroatoms. The van der Waals surface area contributed by atoms with E-state index in [2.05, 4.69) is 0 Å². The molecule has 0 N–H and O–H groups in total. The normalized spacial score (nSPS) is 13.6. The van der Waals surface area contributed by atoms with Crippen LogP contribution in [0, 0.1) is 13.8 Å². The van der Waals surface area contributed by atoms with Crippen molar-refractivity contribution < 1.29 is 17.9 Å². The van der Waals surface area contributed by atoms with E-state index >= 15 is 0 Å². The van der Waals surface area contributed by atoms with E-state index in [1.165, 1.54) is 28.6 Å². The molecule has 30 heavy (non-hydrogen) atoms. The molecule has 1 heterocycles. The first-order valence-corrected chi connectivity index (χ1v) is 11.3. The summed E-state index contributed by atoms with van der Waals surface area (Å²) in [5, 5.41) is 0. The smallest absolute Gasteiger partial charge is 0.343 e. The van der Waals surface area contributed by atoms with Crippen LogP contribution in [0.1, 0.15) is 33.5 Å². The third-order valence-corrected chi connectivity index (χ3v) is 7.18. The Morgan fingerprint density at radius 3 is 2.27 bits per heavy atom. The van der Waals surface area contributed by atoms with E-state index in [4.69, 9.17) is 4.74 Å². The minimum atomic E-state index is -3.71. The Morgan fingerprint density at radius 1 is 0.900 bits per heavy atom. The molecule has 3 aromatic carbocycles. The molecule has 1 aliphatic rings. The molecule has 1 aliphatic heterocycles. The molecule has 0 aliphatic carbocycles. The number of sulfonamides is 1. The van der Waals surface area contributed by atoms with Gasteiger partial charge in [-0.3, -0.25) is 4.31 Å². The summed E-state index contributed by atoms with van der Waals surface area (Å²) in [6, 6.07) is 19.2. The van der Waals surface area contributed by atoms with E-state index in [1.54, 1.807) is 0 Å². The minimum absolute atomic E-state index is 0.155. The average Bonchev–Trinajstić information content (AvgIpc) is 2.76. The molecular formula is C24H23NO4S. The first-order valence-electron chi connectivity index (χ1n) is 9.87. The van der Waals surface area contributed by atoms with Gasteiger partial charge in [-0.05, 0) is 73.7 Å². The summed E-state index contributed by atoms with van der Waals surface area (Å²) in [5.41, 5.74) is 3.79. The third kappa shape index (κ3) is 3.71. The zero-order chi connectivity index (χ0) is 21.3. The number of nitrogens with zero attached hydrogens (tertiary/aromatic N) is 1. The first-order chi connectivity index (χ1) is 14.4. The number of rotatable bonds is 4. The fourth-order valence-corrected chi connectivity index (χ4v) is 5.29. The van der Waals surface area contributed by atoms with Crippen LogP contribution in [0.5, 0.6) is 5.75 Å². The number of carbonyl (C=O) groups is 1. The van der Waals surface area contributed by atoms with Crippen molar-refractivity contribution in [3.8, 4) is 5.75 Å². The lowest BCUT2D eigenvalue weighted by molar-refractivity contribution is 0.0732. The maximum atomic E-state index is 13.2. The van der Waals surface area contributed by atoms with Crippen molar-refractivity contribution in [2.24, 2.45) is 0 Å². The highest BCUT2D eigenvalue weighted by Crippen LogP contribution is 2.32. The first kappa shape index (κ1) is 20.2. The topological polar surface area (TPSA) is 63.7 Å². The molecular weight excluding hydrogens is 398 g/mol. The lowest BCUT2D eigenvalue weighted by atomic mass is 10.0. The monoisotopic (exact) mass is 421 g/mol. The summed E-state index contributed by atoms with van der Waals surface area (Å²) < 4.78 is 33.4. The van der Waals surface area contributed by atoms with Crippen LogP contribution in [-0.4, -0.2) is 20.9 Å². The molecule has 154 valence electrons. The third-order valence-electron chi connectivity index (χ3n) is 5.35. The molecule has 3 aromatic rings. The Labute approximate surface area is 177 Å². The van der Waals surface area contributed by atoms with Gasteiger partial charge in [-0.25, -0.2) is 13.2 Å². The van der Waals surface area contributed by atoms with Crippen LogP contribution < -0.4 is 9.04 Å². The Balaban J connectivity index is 1.59. The predicted molar refractivity (Wildman–Crippen MR) is 117 cm³/mol. The number of benzene rings is 3. The molecule has 0 radical (unpaired) electrons. The molecule has 0 unspecified atom stereocenters. The summed E-state index contributed by atoms with van der Waals surface area (Å²) in [6.45, 7) is 4.19. The molecule has 0 saturated heterocycles.